The van der Waals surface area contributed by atoms with Gasteiger partial charge in [-0.05, 0) is 44.1 Å². The second-order valence-electron chi connectivity index (χ2n) is 5.14. The Hall–Kier alpha value is -1.62. The summed E-state index contributed by atoms with van der Waals surface area (Å²) >= 11 is 0. The predicted octanol–water partition coefficient (Wildman–Crippen LogP) is 2.24. The summed E-state index contributed by atoms with van der Waals surface area (Å²) in [6.45, 7) is 5.15. The van der Waals surface area contributed by atoms with Gasteiger partial charge in [0.05, 0.1) is 11.0 Å². The molecule has 1 atom stereocenters. The van der Waals surface area contributed by atoms with Gasteiger partial charge in [-0.15, -0.1) is 0 Å². The summed E-state index contributed by atoms with van der Waals surface area (Å²) in [5, 5.41) is 0. The Labute approximate surface area is 112 Å². The Morgan fingerprint density at radius 1 is 1.47 bits per heavy atom. The van der Waals surface area contributed by atoms with Gasteiger partial charge in [0.2, 0.25) is 5.95 Å². The van der Waals surface area contributed by atoms with E-state index in [9.17, 15) is 4.39 Å². The minimum atomic E-state index is -0.243. The van der Waals surface area contributed by atoms with E-state index in [-0.39, 0.29) is 5.82 Å². The van der Waals surface area contributed by atoms with Crippen LogP contribution < -0.4 is 5.73 Å². The molecule has 0 amide bonds. The first-order chi connectivity index (χ1) is 9.19. The van der Waals surface area contributed by atoms with Gasteiger partial charge in [-0.3, -0.25) is 4.90 Å². The van der Waals surface area contributed by atoms with E-state index in [4.69, 9.17) is 5.73 Å². The third-order valence-electron chi connectivity index (χ3n) is 4.04. The van der Waals surface area contributed by atoms with Gasteiger partial charge in [0, 0.05) is 12.6 Å². The number of fused-ring (bicyclic) bond motifs is 1. The van der Waals surface area contributed by atoms with Crippen LogP contribution in [0.4, 0.5) is 10.3 Å². The van der Waals surface area contributed by atoms with Crippen LogP contribution in [0.5, 0.6) is 0 Å². The second kappa shape index (κ2) is 4.81. The standard InChI is InChI=1S/C14H19FN4/c1-2-18-7-3-4-11(18)9-19-13-8-10(15)5-6-12(13)17-14(19)16/h5-6,8,11H,2-4,7,9H2,1H3,(H2,16,17). The van der Waals surface area contributed by atoms with Gasteiger partial charge in [0.25, 0.3) is 0 Å². The minimum Gasteiger partial charge on any atom is -0.369 e. The molecule has 5 heteroatoms. The maximum absolute atomic E-state index is 13.4. The van der Waals surface area contributed by atoms with Crippen molar-refractivity contribution < 1.29 is 4.39 Å². The van der Waals surface area contributed by atoms with Gasteiger partial charge in [-0.1, -0.05) is 6.92 Å². The van der Waals surface area contributed by atoms with Crippen LogP contribution in [0.2, 0.25) is 0 Å². The quantitative estimate of drug-likeness (QED) is 0.922. The third-order valence-corrected chi connectivity index (χ3v) is 4.04. The van der Waals surface area contributed by atoms with E-state index in [2.05, 4.69) is 16.8 Å². The third kappa shape index (κ3) is 2.18. The molecule has 2 aromatic rings. The van der Waals surface area contributed by atoms with Crippen molar-refractivity contribution in [2.45, 2.75) is 32.4 Å². The first-order valence-corrected chi connectivity index (χ1v) is 6.84. The molecule has 4 nitrogen and oxygen atoms in total. The molecule has 0 saturated carbocycles. The van der Waals surface area contributed by atoms with Crippen molar-refractivity contribution in [2.75, 3.05) is 18.8 Å². The van der Waals surface area contributed by atoms with E-state index < -0.39 is 0 Å². The molecule has 2 N–H and O–H groups in total. The van der Waals surface area contributed by atoms with Crippen molar-refractivity contribution in [1.82, 2.24) is 14.5 Å². The van der Waals surface area contributed by atoms with Crippen molar-refractivity contribution in [3.8, 4) is 0 Å². The lowest BCUT2D eigenvalue weighted by molar-refractivity contribution is 0.246. The van der Waals surface area contributed by atoms with Crippen LogP contribution in [0.1, 0.15) is 19.8 Å². The lowest BCUT2D eigenvalue weighted by Crippen LogP contribution is -2.33. The fourth-order valence-corrected chi connectivity index (χ4v) is 3.04. The zero-order chi connectivity index (χ0) is 13.4. The van der Waals surface area contributed by atoms with E-state index >= 15 is 0 Å². The normalized spacial score (nSPS) is 20.4. The molecular formula is C14H19FN4. The highest BCUT2D eigenvalue weighted by molar-refractivity contribution is 5.78. The number of nitrogens with zero attached hydrogens (tertiary/aromatic N) is 3. The van der Waals surface area contributed by atoms with Gasteiger partial charge in [-0.2, -0.15) is 0 Å². The molecule has 19 heavy (non-hydrogen) atoms. The number of anilines is 1. The smallest absolute Gasteiger partial charge is 0.201 e. The van der Waals surface area contributed by atoms with Crippen LogP contribution in [-0.2, 0) is 6.54 Å². The topological polar surface area (TPSA) is 47.1 Å². The van der Waals surface area contributed by atoms with Gasteiger partial charge in [-0.25, -0.2) is 9.37 Å². The molecule has 1 aromatic carbocycles. The molecule has 1 aliphatic rings. The van der Waals surface area contributed by atoms with E-state index in [0.29, 0.717) is 12.0 Å². The fourth-order valence-electron chi connectivity index (χ4n) is 3.04. The molecule has 2 heterocycles. The van der Waals surface area contributed by atoms with Crippen molar-refractivity contribution in [3.05, 3.63) is 24.0 Å². The molecule has 0 bridgehead atoms. The molecular weight excluding hydrogens is 243 g/mol. The molecule has 1 unspecified atom stereocenters. The summed E-state index contributed by atoms with van der Waals surface area (Å²) in [6, 6.07) is 5.11. The average molecular weight is 262 g/mol. The Bertz CT molecular complexity index is 592. The number of halogens is 1. The molecule has 1 aromatic heterocycles. The van der Waals surface area contributed by atoms with Gasteiger partial charge >= 0.3 is 0 Å². The average Bonchev–Trinajstić information content (AvgIpc) is 2.96. The number of likely N-dealkylation sites (tertiary alicyclic amines) is 1. The minimum absolute atomic E-state index is 0.243. The van der Waals surface area contributed by atoms with Crippen molar-refractivity contribution >= 4 is 17.0 Å². The summed E-state index contributed by atoms with van der Waals surface area (Å²) in [5.74, 6) is 0.232. The van der Waals surface area contributed by atoms with Gasteiger partial charge in [0.1, 0.15) is 5.82 Å². The Morgan fingerprint density at radius 3 is 3.11 bits per heavy atom. The summed E-state index contributed by atoms with van der Waals surface area (Å²) < 4.78 is 15.3. The zero-order valence-corrected chi connectivity index (χ0v) is 11.1. The van der Waals surface area contributed by atoms with Gasteiger partial charge < -0.3 is 10.3 Å². The molecule has 1 fully saturated rings. The Morgan fingerprint density at radius 2 is 2.32 bits per heavy atom. The number of aromatic nitrogens is 2. The number of benzene rings is 1. The second-order valence-corrected chi connectivity index (χ2v) is 5.14. The summed E-state index contributed by atoms with van der Waals surface area (Å²) in [4.78, 5) is 6.75. The van der Waals surface area contributed by atoms with E-state index in [0.717, 1.165) is 30.7 Å². The number of likely N-dealkylation sites (N-methyl/N-ethyl adjacent to an activating group) is 1. The van der Waals surface area contributed by atoms with Crippen LogP contribution >= 0.6 is 0 Å². The SMILES string of the molecule is CCN1CCCC1Cn1c(N)nc2ccc(F)cc21. The fraction of sp³-hybridized carbons (Fsp3) is 0.500. The van der Waals surface area contributed by atoms with Crippen LogP contribution in [0.3, 0.4) is 0 Å². The number of hydrogen-bond acceptors (Lipinski definition) is 3. The van der Waals surface area contributed by atoms with E-state index in [1.807, 2.05) is 4.57 Å². The highest BCUT2D eigenvalue weighted by Gasteiger charge is 2.24. The first-order valence-electron chi connectivity index (χ1n) is 6.84. The summed E-state index contributed by atoms with van der Waals surface area (Å²) in [6.07, 6.45) is 2.39. The molecule has 1 aliphatic heterocycles. The van der Waals surface area contributed by atoms with Crippen LogP contribution in [-0.4, -0.2) is 33.6 Å². The number of imidazole rings is 1. The number of nitrogen functional groups attached to an aromatic ring is 1. The van der Waals surface area contributed by atoms with Crippen molar-refractivity contribution in [3.63, 3.8) is 0 Å². The lowest BCUT2D eigenvalue weighted by atomic mass is 10.2. The number of nitrogens with two attached hydrogens (primary N) is 1. The zero-order valence-electron chi connectivity index (χ0n) is 11.1. The predicted molar refractivity (Wildman–Crippen MR) is 74.4 cm³/mol. The first kappa shape index (κ1) is 12.4. The highest BCUT2D eigenvalue weighted by atomic mass is 19.1. The molecule has 0 aliphatic carbocycles. The van der Waals surface area contributed by atoms with Gasteiger partial charge in [0.15, 0.2) is 0 Å². The van der Waals surface area contributed by atoms with E-state index in [1.165, 1.54) is 25.0 Å². The lowest BCUT2D eigenvalue weighted by Gasteiger charge is -2.23. The molecule has 0 radical (unpaired) electrons. The van der Waals surface area contributed by atoms with Crippen LogP contribution in [0.15, 0.2) is 18.2 Å². The summed E-state index contributed by atoms with van der Waals surface area (Å²) in [7, 11) is 0. The van der Waals surface area contributed by atoms with E-state index in [1.54, 1.807) is 6.07 Å². The van der Waals surface area contributed by atoms with Crippen LogP contribution in [0, 0.1) is 5.82 Å². The summed E-state index contributed by atoms with van der Waals surface area (Å²) in [5.41, 5.74) is 7.54. The molecule has 102 valence electrons. The van der Waals surface area contributed by atoms with Crippen LogP contribution in [0.25, 0.3) is 11.0 Å². The Kier molecular flexibility index (Phi) is 3.14. The van der Waals surface area contributed by atoms with Crippen molar-refractivity contribution in [1.29, 1.82) is 0 Å². The molecule has 0 spiro atoms. The number of rotatable bonds is 3. The molecule has 3 rings (SSSR count). The van der Waals surface area contributed by atoms with Crippen molar-refractivity contribution in [2.24, 2.45) is 0 Å². The monoisotopic (exact) mass is 262 g/mol. The highest BCUT2D eigenvalue weighted by Crippen LogP contribution is 2.24. The maximum Gasteiger partial charge on any atom is 0.201 e. The Balaban J connectivity index is 1.95. The largest absolute Gasteiger partial charge is 0.369 e. The maximum atomic E-state index is 13.4. The number of hydrogen-bond donors (Lipinski definition) is 1. The molecule has 1 saturated heterocycles.